The van der Waals surface area contributed by atoms with Crippen LogP contribution in [0.15, 0.2) is 12.4 Å². The van der Waals surface area contributed by atoms with E-state index < -0.39 is 0 Å². The fourth-order valence-corrected chi connectivity index (χ4v) is 3.13. The second-order valence-electron chi connectivity index (χ2n) is 6.09. The minimum atomic E-state index is 0.874. The van der Waals surface area contributed by atoms with Crippen molar-refractivity contribution in [1.82, 2.24) is 19.8 Å². The number of aromatic nitrogens is 2. The molecule has 0 bridgehead atoms. The van der Waals surface area contributed by atoms with Crippen molar-refractivity contribution in [2.75, 3.05) is 26.2 Å². The van der Waals surface area contributed by atoms with Gasteiger partial charge in [0, 0.05) is 38.1 Å². The Morgan fingerprint density at radius 3 is 2.74 bits per heavy atom. The minimum absolute atomic E-state index is 0.874. The van der Waals surface area contributed by atoms with Gasteiger partial charge in [0.1, 0.15) is 5.82 Å². The molecule has 0 spiro atoms. The van der Waals surface area contributed by atoms with Crippen molar-refractivity contribution in [2.24, 2.45) is 5.92 Å². The van der Waals surface area contributed by atoms with Gasteiger partial charge < -0.3 is 9.88 Å². The zero-order chi connectivity index (χ0) is 13.1. The highest BCUT2D eigenvalue weighted by Crippen LogP contribution is 2.28. The summed E-state index contributed by atoms with van der Waals surface area (Å²) in [6, 6.07) is 0.874. The summed E-state index contributed by atoms with van der Waals surface area (Å²) in [5.74, 6) is 2.04. The van der Waals surface area contributed by atoms with Gasteiger partial charge in [-0.1, -0.05) is 0 Å². The molecule has 1 saturated carbocycles. The summed E-state index contributed by atoms with van der Waals surface area (Å²) < 4.78 is 2.28. The molecule has 4 nitrogen and oxygen atoms in total. The van der Waals surface area contributed by atoms with E-state index in [9.17, 15) is 0 Å². The van der Waals surface area contributed by atoms with Gasteiger partial charge in [-0.3, -0.25) is 4.90 Å². The van der Waals surface area contributed by atoms with Crippen LogP contribution in [0.1, 0.15) is 31.5 Å². The molecule has 1 saturated heterocycles. The predicted molar refractivity (Wildman–Crippen MR) is 77.2 cm³/mol. The molecule has 106 valence electrons. The molecule has 1 aromatic rings. The van der Waals surface area contributed by atoms with Crippen molar-refractivity contribution in [3.63, 3.8) is 0 Å². The van der Waals surface area contributed by atoms with E-state index in [1.807, 2.05) is 6.20 Å². The molecule has 0 aromatic carbocycles. The van der Waals surface area contributed by atoms with E-state index >= 15 is 0 Å². The molecule has 0 amide bonds. The number of rotatable bonds is 6. The maximum Gasteiger partial charge on any atom is 0.105 e. The van der Waals surface area contributed by atoms with Gasteiger partial charge in [-0.05, 0) is 51.6 Å². The normalized spacial score (nSPS) is 21.2. The summed E-state index contributed by atoms with van der Waals surface area (Å²) in [7, 11) is 0. The van der Waals surface area contributed by atoms with Crippen LogP contribution in [0.4, 0.5) is 0 Å². The van der Waals surface area contributed by atoms with Crippen LogP contribution in [0.25, 0.3) is 0 Å². The van der Waals surface area contributed by atoms with Gasteiger partial charge in [0.15, 0.2) is 0 Å². The molecule has 1 N–H and O–H groups in total. The monoisotopic (exact) mass is 262 g/mol. The first-order valence-corrected chi connectivity index (χ1v) is 7.75. The lowest BCUT2D eigenvalue weighted by Gasteiger charge is -2.30. The minimum Gasteiger partial charge on any atom is -0.334 e. The second kappa shape index (κ2) is 6.06. The Kier molecular flexibility index (Phi) is 4.18. The van der Waals surface area contributed by atoms with Crippen molar-refractivity contribution in [3.8, 4) is 0 Å². The lowest BCUT2D eigenvalue weighted by Crippen LogP contribution is -2.38. The van der Waals surface area contributed by atoms with Crippen molar-refractivity contribution in [1.29, 1.82) is 0 Å². The van der Waals surface area contributed by atoms with Crippen molar-refractivity contribution >= 4 is 0 Å². The smallest absolute Gasteiger partial charge is 0.105 e. The van der Waals surface area contributed by atoms with Crippen molar-refractivity contribution in [2.45, 2.75) is 45.2 Å². The van der Waals surface area contributed by atoms with Crippen LogP contribution in [-0.4, -0.2) is 46.7 Å². The topological polar surface area (TPSA) is 33.1 Å². The number of hydrogen-bond donors (Lipinski definition) is 1. The van der Waals surface area contributed by atoms with Gasteiger partial charge in [0.2, 0.25) is 0 Å². The van der Waals surface area contributed by atoms with Crippen LogP contribution in [0, 0.1) is 12.8 Å². The predicted octanol–water partition coefficient (Wildman–Crippen LogP) is 1.66. The largest absolute Gasteiger partial charge is 0.334 e. The molecule has 0 atom stereocenters. The van der Waals surface area contributed by atoms with Crippen molar-refractivity contribution in [3.05, 3.63) is 18.2 Å². The van der Waals surface area contributed by atoms with Crippen molar-refractivity contribution < 1.29 is 0 Å². The highest BCUT2D eigenvalue weighted by atomic mass is 15.2. The summed E-state index contributed by atoms with van der Waals surface area (Å²) >= 11 is 0. The van der Waals surface area contributed by atoms with E-state index in [1.54, 1.807) is 0 Å². The molecular weight excluding hydrogens is 236 g/mol. The lowest BCUT2D eigenvalue weighted by molar-refractivity contribution is 0.191. The third-order valence-corrected chi connectivity index (χ3v) is 4.57. The summed E-state index contributed by atoms with van der Waals surface area (Å²) in [4.78, 5) is 7.04. The average molecular weight is 262 g/mol. The number of nitrogens with zero attached hydrogens (tertiary/aromatic N) is 3. The van der Waals surface area contributed by atoms with Gasteiger partial charge in [-0.25, -0.2) is 4.98 Å². The van der Waals surface area contributed by atoms with E-state index in [-0.39, 0.29) is 0 Å². The van der Waals surface area contributed by atoms with Gasteiger partial charge >= 0.3 is 0 Å². The fraction of sp³-hybridized carbons (Fsp3) is 0.800. The SMILES string of the molecule is Cc1nccn1CCN(CC1CCNCC1)C1CC1. The molecule has 0 unspecified atom stereocenters. The van der Waals surface area contributed by atoms with Crippen LogP contribution < -0.4 is 5.32 Å². The zero-order valence-electron chi connectivity index (χ0n) is 12.0. The molecule has 2 heterocycles. The molecule has 1 aliphatic heterocycles. The van der Waals surface area contributed by atoms with Gasteiger partial charge in [-0.2, -0.15) is 0 Å². The molecule has 2 fully saturated rings. The summed E-state index contributed by atoms with van der Waals surface area (Å²) in [6.45, 7) is 8.10. The van der Waals surface area contributed by atoms with Crippen LogP contribution in [0.2, 0.25) is 0 Å². The number of piperidine rings is 1. The standard InChI is InChI=1S/C15H26N4/c1-13-17-8-9-18(13)10-11-19(15-2-3-15)12-14-4-6-16-7-5-14/h8-9,14-16H,2-7,10-12H2,1H3. The first-order chi connectivity index (χ1) is 9.33. The Morgan fingerprint density at radius 1 is 1.32 bits per heavy atom. The average Bonchev–Trinajstić information content (AvgIpc) is 3.20. The molecular formula is C15H26N4. The van der Waals surface area contributed by atoms with E-state index in [2.05, 4.69) is 32.9 Å². The van der Waals surface area contributed by atoms with Crippen LogP contribution >= 0.6 is 0 Å². The Hall–Kier alpha value is -0.870. The quantitative estimate of drug-likeness (QED) is 0.846. The zero-order valence-corrected chi connectivity index (χ0v) is 12.0. The molecule has 3 rings (SSSR count). The Labute approximate surface area is 116 Å². The van der Waals surface area contributed by atoms with E-state index in [0.717, 1.165) is 24.3 Å². The maximum atomic E-state index is 4.31. The van der Waals surface area contributed by atoms with Crippen LogP contribution in [0.5, 0.6) is 0 Å². The Bertz CT molecular complexity index is 391. The number of imidazole rings is 1. The number of aryl methyl sites for hydroxylation is 1. The first kappa shape index (κ1) is 13.1. The van der Waals surface area contributed by atoms with Gasteiger partial charge in [0.25, 0.3) is 0 Å². The summed E-state index contributed by atoms with van der Waals surface area (Å²) in [6.07, 6.45) is 9.54. The van der Waals surface area contributed by atoms with Crippen LogP contribution in [-0.2, 0) is 6.54 Å². The van der Waals surface area contributed by atoms with E-state index in [4.69, 9.17) is 0 Å². The number of hydrogen-bond acceptors (Lipinski definition) is 3. The molecule has 0 radical (unpaired) electrons. The first-order valence-electron chi connectivity index (χ1n) is 7.75. The van der Waals surface area contributed by atoms with E-state index in [0.29, 0.717) is 0 Å². The highest BCUT2D eigenvalue weighted by molar-refractivity contribution is 4.90. The van der Waals surface area contributed by atoms with E-state index in [1.165, 1.54) is 51.9 Å². The molecule has 2 aliphatic rings. The van der Waals surface area contributed by atoms with Gasteiger partial charge in [0.05, 0.1) is 0 Å². The molecule has 1 aliphatic carbocycles. The molecule has 19 heavy (non-hydrogen) atoms. The molecule has 1 aromatic heterocycles. The van der Waals surface area contributed by atoms with Crippen LogP contribution in [0.3, 0.4) is 0 Å². The summed E-state index contributed by atoms with van der Waals surface area (Å²) in [5, 5.41) is 3.46. The Balaban J connectivity index is 1.51. The second-order valence-corrected chi connectivity index (χ2v) is 6.09. The third kappa shape index (κ3) is 3.57. The Morgan fingerprint density at radius 2 is 2.11 bits per heavy atom. The number of nitrogens with one attached hydrogen (secondary N) is 1. The highest BCUT2D eigenvalue weighted by Gasteiger charge is 2.30. The third-order valence-electron chi connectivity index (χ3n) is 4.57. The fourth-order valence-electron chi connectivity index (χ4n) is 3.13. The molecule has 4 heteroatoms. The summed E-state index contributed by atoms with van der Waals surface area (Å²) in [5.41, 5.74) is 0. The lowest BCUT2D eigenvalue weighted by atomic mass is 9.97. The van der Waals surface area contributed by atoms with Gasteiger partial charge in [-0.15, -0.1) is 0 Å². The maximum absolute atomic E-state index is 4.31.